The predicted octanol–water partition coefficient (Wildman–Crippen LogP) is 3.11. The summed E-state index contributed by atoms with van der Waals surface area (Å²) in [7, 11) is 0. The van der Waals surface area contributed by atoms with Gasteiger partial charge in [-0.2, -0.15) is 4.98 Å². The number of hydrogen-bond acceptors (Lipinski definition) is 5. The summed E-state index contributed by atoms with van der Waals surface area (Å²) in [6, 6.07) is 0.322. The van der Waals surface area contributed by atoms with E-state index in [-0.39, 0.29) is 11.2 Å². The van der Waals surface area contributed by atoms with Gasteiger partial charge in [-0.3, -0.25) is 4.79 Å². The number of carbonyl (C=O) groups excluding carboxylic acids is 1. The molecule has 1 N–H and O–H groups in total. The molecule has 6 heteroatoms. The molecule has 0 radical (unpaired) electrons. The number of aromatic nitrogens is 2. The molecule has 0 saturated heterocycles. The molecule has 1 heterocycles. The maximum absolute atomic E-state index is 12.1. The first kappa shape index (κ1) is 16.3. The molecule has 1 amide bonds. The van der Waals surface area contributed by atoms with Gasteiger partial charge < -0.3 is 9.84 Å². The van der Waals surface area contributed by atoms with Gasteiger partial charge in [0.1, 0.15) is 0 Å². The van der Waals surface area contributed by atoms with Gasteiger partial charge in [0.15, 0.2) is 5.82 Å². The SMILES string of the molecule is Cc1noc([C@H](C)SCC(=O)N[C@@H]2CCC[C@H](C)[C@H]2C)n1. The Balaban J connectivity index is 1.77. The minimum absolute atomic E-state index is 0.0413. The number of thioether (sulfide) groups is 1. The van der Waals surface area contributed by atoms with Gasteiger partial charge in [0, 0.05) is 6.04 Å². The molecule has 21 heavy (non-hydrogen) atoms. The van der Waals surface area contributed by atoms with Crippen LogP contribution in [0.15, 0.2) is 4.52 Å². The van der Waals surface area contributed by atoms with Crippen LogP contribution in [-0.2, 0) is 4.79 Å². The van der Waals surface area contributed by atoms with Crippen molar-refractivity contribution in [3.05, 3.63) is 11.7 Å². The van der Waals surface area contributed by atoms with Crippen LogP contribution >= 0.6 is 11.8 Å². The largest absolute Gasteiger partial charge is 0.352 e. The number of carbonyl (C=O) groups is 1. The Morgan fingerprint density at radius 3 is 2.90 bits per heavy atom. The Morgan fingerprint density at radius 1 is 1.48 bits per heavy atom. The van der Waals surface area contributed by atoms with Crippen LogP contribution in [0.4, 0.5) is 0 Å². The van der Waals surface area contributed by atoms with Crippen LogP contribution in [0.3, 0.4) is 0 Å². The third kappa shape index (κ3) is 4.46. The summed E-state index contributed by atoms with van der Waals surface area (Å²) in [5.41, 5.74) is 0. The van der Waals surface area contributed by atoms with Crippen LogP contribution in [0.25, 0.3) is 0 Å². The molecule has 1 aliphatic rings. The molecule has 1 aromatic rings. The first-order valence-corrected chi connectivity index (χ1v) is 8.73. The van der Waals surface area contributed by atoms with E-state index in [1.54, 1.807) is 6.92 Å². The van der Waals surface area contributed by atoms with Crippen LogP contribution in [-0.4, -0.2) is 27.8 Å². The van der Waals surface area contributed by atoms with E-state index in [2.05, 4.69) is 29.3 Å². The van der Waals surface area contributed by atoms with Crippen LogP contribution in [0.1, 0.15) is 57.0 Å². The molecular weight excluding hydrogens is 286 g/mol. The average Bonchev–Trinajstić information content (AvgIpc) is 2.88. The normalized spacial score (nSPS) is 27.3. The Labute approximate surface area is 130 Å². The number of amides is 1. The van der Waals surface area contributed by atoms with Gasteiger partial charge in [0.25, 0.3) is 0 Å². The van der Waals surface area contributed by atoms with E-state index in [1.165, 1.54) is 24.6 Å². The third-order valence-corrected chi connectivity index (χ3v) is 5.54. The summed E-state index contributed by atoms with van der Waals surface area (Å²) in [5.74, 6) is 3.01. The zero-order valence-corrected chi connectivity index (χ0v) is 14.1. The van der Waals surface area contributed by atoms with Crippen molar-refractivity contribution in [2.45, 2.75) is 58.2 Å². The fourth-order valence-corrected chi connectivity index (χ4v) is 3.51. The number of nitrogens with one attached hydrogen (secondary N) is 1. The van der Waals surface area contributed by atoms with Crippen molar-refractivity contribution in [2.24, 2.45) is 11.8 Å². The van der Waals surface area contributed by atoms with E-state index in [9.17, 15) is 4.79 Å². The Kier molecular flexibility index (Phi) is 5.67. The van der Waals surface area contributed by atoms with Gasteiger partial charge in [-0.05, 0) is 32.1 Å². The van der Waals surface area contributed by atoms with Crippen molar-refractivity contribution >= 4 is 17.7 Å². The molecule has 0 unspecified atom stereocenters. The lowest BCUT2D eigenvalue weighted by atomic mass is 9.78. The van der Waals surface area contributed by atoms with Crippen molar-refractivity contribution in [1.29, 1.82) is 0 Å². The van der Waals surface area contributed by atoms with Crippen LogP contribution in [0, 0.1) is 18.8 Å². The summed E-state index contributed by atoms with van der Waals surface area (Å²) in [6.45, 7) is 8.29. The number of hydrogen-bond donors (Lipinski definition) is 1. The third-order valence-electron chi connectivity index (χ3n) is 4.41. The fourth-order valence-electron chi connectivity index (χ4n) is 2.78. The summed E-state index contributed by atoms with van der Waals surface area (Å²) >= 11 is 1.53. The van der Waals surface area contributed by atoms with E-state index in [0.717, 1.165) is 6.42 Å². The van der Waals surface area contributed by atoms with Crippen LogP contribution in [0.5, 0.6) is 0 Å². The minimum Gasteiger partial charge on any atom is -0.352 e. The maximum Gasteiger partial charge on any atom is 0.239 e. The maximum atomic E-state index is 12.1. The summed E-state index contributed by atoms with van der Waals surface area (Å²) in [5, 5.41) is 7.00. The van der Waals surface area contributed by atoms with E-state index < -0.39 is 0 Å². The summed E-state index contributed by atoms with van der Waals surface area (Å²) < 4.78 is 5.13. The molecule has 0 aliphatic heterocycles. The quantitative estimate of drug-likeness (QED) is 0.905. The molecule has 2 rings (SSSR count). The monoisotopic (exact) mass is 311 g/mol. The lowest BCUT2D eigenvalue weighted by Gasteiger charge is -2.34. The number of aryl methyl sites for hydroxylation is 1. The van der Waals surface area contributed by atoms with E-state index in [0.29, 0.717) is 35.3 Å². The van der Waals surface area contributed by atoms with E-state index in [4.69, 9.17) is 4.52 Å². The zero-order valence-electron chi connectivity index (χ0n) is 13.3. The summed E-state index contributed by atoms with van der Waals surface area (Å²) in [6.07, 6.45) is 3.58. The molecule has 1 saturated carbocycles. The number of rotatable bonds is 5. The highest BCUT2D eigenvalue weighted by molar-refractivity contribution is 8.00. The highest BCUT2D eigenvalue weighted by atomic mass is 32.2. The second-order valence-corrected chi connectivity index (χ2v) is 7.40. The predicted molar refractivity (Wildman–Crippen MR) is 84.0 cm³/mol. The lowest BCUT2D eigenvalue weighted by Crippen LogP contribution is -2.44. The first-order chi connectivity index (χ1) is 9.97. The first-order valence-electron chi connectivity index (χ1n) is 7.68. The van der Waals surface area contributed by atoms with Crippen LogP contribution in [0.2, 0.25) is 0 Å². The van der Waals surface area contributed by atoms with Gasteiger partial charge in [-0.15, -0.1) is 11.8 Å². The molecule has 0 bridgehead atoms. The van der Waals surface area contributed by atoms with Crippen molar-refractivity contribution < 1.29 is 9.32 Å². The molecule has 118 valence electrons. The zero-order chi connectivity index (χ0) is 15.4. The second-order valence-electron chi connectivity index (χ2n) is 6.07. The molecule has 5 nitrogen and oxygen atoms in total. The Bertz CT molecular complexity index is 477. The number of nitrogens with zero attached hydrogens (tertiary/aromatic N) is 2. The molecule has 1 aromatic heterocycles. The van der Waals surface area contributed by atoms with Crippen molar-refractivity contribution in [1.82, 2.24) is 15.5 Å². The van der Waals surface area contributed by atoms with Gasteiger partial charge in [0.05, 0.1) is 11.0 Å². The molecule has 4 atom stereocenters. The smallest absolute Gasteiger partial charge is 0.239 e. The lowest BCUT2D eigenvalue weighted by molar-refractivity contribution is -0.120. The van der Waals surface area contributed by atoms with E-state index in [1.807, 2.05) is 6.92 Å². The molecule has 0 aromatic carbocycles. The van der Waals surface area contributed by atoms with Gasteiger partial charge in [0.2, 0.25) is 11.8 Å². The van der Waals surface area contributed by atoms with Gasteiger partial charge in [-0.1, -0.05) is 31.8 Å². The summed E-state index contributed by atoms with van der Waals surface area (Å²) in [4.78, 5) is 16.3. The van der Waals surface area contributed by atoms with Gasteiger partial charge >= 0.3 is 0 Å². The van der Waals surface area contributed by atoms with Crippen molar-refractivity contribution in [3.8, 4) is 0 Å². The molecule has 1 aliphatic carbocycles. The molecular formula is C15H25N3O2S. The average molecular weight is 311 g/mol. The highest BCUT2D eigenvalue weighted by Crippen LogP contribution is 2.30. The fraction of sp³-hybridized carbons (Fsp3) is 0.800. The highest BCUT2D eigenvalue weighted by Gasteiger charge is 2.28. The van der Waals surface area contributed by atoms with Gasteiger partial charge in [-0.25, -0.2) is 0 Å². The van der Waals surface area contributed by atoms with Crippen molar-refractivity contribution in [2.75, 3.05) is 5.75 Å². The Hall–Kier alpha value is -1.04. The van der Waals surface area contributed by atoms with Crippen molar-refractivity contribution in [3.63, 3.8) is 0 Å². The Morgan fingerprint density at radius 2 is 2.24 bits per heavy atom. The standard InChI is InChI=1S/C15H25N3O2S/c1-9-6-5-7-13(10(9)2)17-14(19)8-21-11(3)15-16-12(4)18-20-15/h9-11,13H,5-8H2,1-4H3,(H,17,19)/t9-,10+,11-,13+/m0/s1. The minimum atomic E-state index is 0.0413. The molecule has 1 fully saturated rings. The topological polar surface area (TPSA) is 68.0 Å². The van der Waals surface area contributed by atoms with Crippen LogP contribution < -0.4 is 5.32 Å². The van der Waals surface area contributed by atoms with E-state index >= 15 is 0 Å². The second kappa shape index (κ2) is 7.29. The molecule has 0 spiro atoms.